The number of anilines is 2. The smallest absolute Gasteiger partial charge is 0.228 e. The van der Waals surface area contributed by atoms with Gasteiger partial charge in [-0.3, -0.25) is 4.79 Å². The second kappa shape index (κ2) is 4.77. The highest BCUT2D eigenvalue weighted by atomic mass is 16.1. The van der Waals surface area contributed by atoms with E-state index in [2.05, 4.69) is 10.3 Å². The van der Waals surface area contributed by atoms with Gasteiger partial charge in [-0.25, -0.2) is 4.98 Å². The van der Waals surface area contributed by atoms with Crippen LogP contribution in [-0.2, 0) is 4.79 Å². The SMILES string of the molecule is CCC(C)C(=O)Nc1cc(C)c(N)cn1. The second-order valence-corrected chi connectivity index (χ2v) is 3.72. The normalized spacial score (nSPS) is 12.2. The number of pyridine rings is 1. The highest BCUT2D eigenvalue weighted by molar-refractivity contribution is 5.91. The van der Waals surface area contributed by atoms with Crippen LogP contribution in [0.4, 0.5) is 11.5 Å². The number of amides is 1. The van der Waals surface area contributed by atoms with E-state index in [4.69, 9.17) is 5.73 Å². The van der Waals surface area contributed by atoms with Crippen LogP contribution >= 0.6 is 0 Å². The monoisotopic (exact) mass is 207 g/mol. The Labute approximate surface area is 89.9 Å². The summed E-state index contributed by atoms with van der Waals surface area (Å²) in [4.78, 5) is 15.6. The molecule has 0 spiro atoms. The van der Waals surface area contributed by atoms with Crippen molar-refractivity contribution >= 4 is 17.4 Å². The van der Waals surface area contributed by atoms with Crippen molar-refractivity contribution in [2.75, 3.05) is 11.1 Å². The van der Waals surface area contributed by atoms with Crippen molar-refractivity contribution in [3.05, 3.63) is 17.8 Å². The van der Waals surface area contributed by atoms with Crippen LogP contribution in [0, 0.1) is 12.8 Å². The quantitative estimate of drug-likeness (QED) is 0.796. The zero-order chi connectivity index (χ0) is 11.4. The fraction of sp³-hybridized carbons (Fsp3) is 0.455. The molecule has 0 aliphatic carbocycles. The highest BCUT2D eigenvalue weighted by Crippen LogP contribution is 2.14. The number of nitrogens with zero attached hydrogens (tertiary/aromatic N) is 1. The Morgan fingerprint density at radius 1 is 1.67 bits per heavy atom. The van der Waals surface area contributed by atoms with Gasteiger partial charge < -0.3 is 11.1 Å². The Kier molecular flexibility index (Phi) is 3.66. The maximum atomic E-state index is 11.6. The van der Waals surface area contributed by atoms with Crippen molar-refractivity contribution in [2.24, 2.45) is 5.92 Å². The fourth-order valence-corrected chi connectivity index (χ4v) is 1.07. The number of hydrogen-bond acceptors (Lipinski definition) is 3. The number of rotatable bonds is 3. The van der Waals surface area contributed by atoms with Crippen molar-refractivity contribution in [1.82, 2.24) is 4.98 Å². The number of hydrogen-bond donors (Lipinski definition) is 2. The summed E-state index contributed by atoms with van der Waals surface area (Å²) in [5.74, 6) is 0.561. The number of nitrogen functional groups attached to an aromatic ring is 1. The molecule has 1 amide bonds. The van der Waals surface area contributed by atoms with E-state index in [1.54, 1.807) is 12.3 Å². The van der Waals surface area contributed by atoms with Gasteiger partial charge in [-0.2, -0.15) is 0 Å². The van der Waals surface area contributed by atoms with Crippen LogP contribution in [0.25, 0.3) is 0 Å². The van der Waals surface area contributed by atoms with Gasteiger partial charge in [0.25, 0.3) is 0 Å². The third kappa shape index (κ3) is 2.94. The Morgan fingerprint density at radius 2 is 2.33 bits per heavy atom. The average molecular weight is 207 g/mol. The van der Waals surface area contributed by atoms with Gasteiger partial charge in [0.1, 0.15) is 5.82 Å². The third-order valence-corrected chi connectivity index (χ3v) is 2.46. The van der Waals surface area contributed by atoms with Gasteiger partial charge in [0.2, 0.25) is 5.91 Å². The first-order valence-corrected chi connectivity index (χ1v) is 5.07. The van der Waals surface area contributed by atoms with Gasteiger partial charge >= 0.3 is 0 Å². The Bertz CT molecular complexity index is 363. The van der Waals surface area contributed by atoms with Crippen LogP contribution in [0.1, 0.15) is 25.8 Å². The van der Waals surface area contributed by atoms with Crippen molar-refractivity contribution in [2.45, 2.75) is 27.2 Å². The summed E-state index contributed by atoms with van der Waals surface area (Å²) in [5.41, 5.74) is 7.19. The molecule has 15 heavy (non-hydrogen) atoms. The van der Waals surface area contributed by atoms with Crippen molar-refractivity contribution in [3.63, 3.8) is 0 Å². The lowest BCUT2D eigenvalue weighted by Gasteiger charge is -2.10. The van der Waals surface area contributed by atoms with E-state index in [1.165, 1.54) is 0 Å². The number of carbonyl (C=O) groups excluding carboxylic acids is 1. The first-order valence-electron chi connectivity index (χ1n) is 5.07. The molecule has 0 aliphatic rings. The van der Waals surface area contributed by atoms with E-state index < -0.39 is 0 Å². The molecule has 0 bridgehead atoms. The van der Waals surface area contributed by atoms with Gasteiger partial charge in [-0.15, -0.1) is 0 Å². The Morgan fingerprint density at radius 3 is 2.87 bits per heavy atom. The van der Waals surface area contributed by atoms with Crippen LogP contribution in [0.2, 0.25) is 0 Å². The summed E-state index contributed by atoms with van der Waals surface area (Å²) >= 11 is 0. The molecule has 0 radical (unpaired) electrons. The number of aryl methyl sites for hydroxylation is 1. The van der Waals surface area contributed by atoms with E-state index in [9.17, 15) is 4.79 Å². The van der Waals surface area contributed by atoms with E-state index in [-0.39, 0.29) is 11.8 Å². The maximum Gasteiger partial charge on any atom is 0.228 e. The molecule has 0 saturated carbocycles. The molecule has 4 nitrogen and oxygen atoms in total. The molecule has 82 valence electrons. The zero-order valence-electron chi connectivity index (χ0n) is 9.37. The first kappa shape index (κ1) is 11.5. The molecule has 1 atom stereocenters. The zero-order valence-corrected chi connectivity index (χ0v) is 9.37. The summed E-state index contributed by atoms with van der Waals surface area (Å²) in [7, 11) is 0. The van der Waals surface area contributed by atoms with E-state index in [1.807, 2.05) is 20.8 Å². The lowest BCUT2D eigenvalue weighted by atomic mass is 10.1. The third-order valence-electron chi connectivity index (χ3n) is 2.46. The van der Waals surface area contributed by atoms with Crippen LogP contribution in [0.15, 0.2) is 12.3 Å². The molecule has 1 aromatic rings. The molecule has 0 fully saturated rings. The largest absolute Gasteiger partial charge is 0.397 e. The number of nitrogens with two attached hydrogens (primary N) is 1. The van der Waals surface area contributed by atoms with E-state index >= 15 is 0 Å². The van der Waals surface area contributed by atoms with Crippen molar-refractivity contribution < 1.29 is 4.79 Å². The van der Waals surface area contributed by atoms with Crippen LogP contribution in [-0.4, -0.2) is 10.9 Å². The molecule has 3 N–H and O–H groups in total. The van der Waals surface area contributed by atoms with Crippen LogP contribution < -0.4 is 11.1 Å². The molecule has 0 aromatic carbocycles. The molecular weight excluding hydrogens is 190 g/mol. The summed E-state index contributed by atoms with van der Waals surface area (Å²) in [6.45, 7) is 5.75. The predicted octanol–water partition coefficient (Wildman–Crippen LogP) is 1.96. The summed E-state index contributed by atoms with van der Waals surface area (Å²) in [6, 6.07) is 1.77. The highest BCUT2D eigenvalue weighted by Gasteiger charge is 2.11. The summed E-state index contributed by atoms with van der Waals surface area (Å²) in [5, 5.41) is 2.76. The van der Waals surface area contributed by atoms with Crippen molar-refractivity contribution in [3.8, 4) is 0 Å². The predicted molar refractivity (Wildman–Crippen MR) is 61.5 cm³/mol. The lowest BCUT2D eigenvalue weighted by molar-refractivity contribution is -0.119. The molecule has 0 saturated heterocycles. The average Bonchev–Trinajstić information content (AvgIpc) is 2.22. The van der Waals surface area contributed by atoms with Gasteiger partial charge in [0, 0.05) is 5.92 Å². The number of nitrogens with one attached hydrogen (secondary N) is 1. The van der Waals surface area contributed by atoms with Gasteiger partial charge in [0.15, 0.2) is 0 Å². The molecule has 1 unspecified atom stereocenters. The molecule has 0 aliphatic heterocycles. The van der Waals surface area contributed by atoms with Gasteiger partial charge in [-0.05, 0) is 25.0 Å². The molecule has 1 aromatic heterocycles. The molecule has 1 rings (SSSR count). The minimum absolute atomic E-state index is 0.00431. The second-order valence-electron chi connectivity index (χ2n) is 3.72. The molecular formula is C11H17N3O. The molecule has 4 heteroatoms. The minimum atomic E-state index is -0.00540. The van der Waals surface area contributed by atoms with Crippen molar-refractivity contribution in [1.29, 1.82) is 0 Å². The van der Waals surface area contributed by atoms with E-state index in [0.717, 1.165) is 12.0 Å². The Hall–Kier alpha value is -1.58. The Balaban J connectivity index is 2.73. The molecule has 1 heterocycles. The number of carbonyl (C=O) groups is 1. The lowest BCUT2D eigenvalue weighted by Crippen LogP contribution is -2.20. The van der Waals surface area contributed by atoms with Gasteiger partial charge in [-0.1, -0.05) is 13.8 Å². The standard InChI is InChI=1S/C11H17N3O/c1-4-7(2)11(15)14-10-5-8(3)9(12)6-13-10/h5-7H,4,12H2,1-3H3,(H,13,14,15). The minimum Gasteiger partial charge on any atom is -0.397 e. The van der Waals surface area contributed by atoms with Gasteiger partial charge in [0.05, 0.1) is 11.9 Å². The first-order chi connectivity index (χ1) is 7.04. The maximum absolute atomic E-state index is 11.6. The van der Waals surface area contributed by atoms with E-state index in [0.29, 0.717) is 11.5 Å². The summed E-state index contributed by atoms with van der Waals surface area (Å²) in [6.07, 6.45) is 2.38. The van der Waals surface area contributed by atoms with Crippen LogP contribution in [0.3, 0.4) is 0 Å². The number of aromatic nitrogens is 1. The summed E-state index contributed by atoms with van der Waals surface area (Å²) < 4.78 is 0. The fourth-order valence-electron chi connectivity index (χ4n) is 1.07. The van der Waals surface area contributed by atoms with Crippen LogP contribution in [0.5, 0.6) is 0 Å². The topological polar surface area (TPSA) is 68.0 Å².